The Morgan fingerprint density at radius 1 is 1.45 bits per heavy atom. The van der Waals surface area contributed by atoms with Crippen molar-refractivity contribution in [3.8, 4) is 0 Å². The van der Waals surface area contributed by atoms with Gasteiger partial charge in [0, 0.05) is 22.2 Å². The minimum absolute atomic E-state index is 0.240. The minimum atomic E-state index is -0.982. The number of hydrogen-bond donors (Lipinski definition) is 2. The molecule has 1 heterocycles. The van der Waals surface area contributed by atoms with E-state index in [0.717, 1.165) is 30.2 Å². The number of carboxylic acid groups (broad SMARTS) is 1. The number of benzene rings is 1. The first-order valence-electron chi connectivity index (χ1n) is 6.80. The van der Waals surface area contributed by atoms with E-state index in [1.165, 1.54) is 18.9 Å². The number of carboxylic acids is 1. The second-order valence-electron chi connectivity index (χ2n) is 5.24. The molecule has 0 bridgehead atoms. The van der Waals surface area contributed by atoms with Crippen molar-refractivity contribution >= 4 is 27.4 Å². The number of rotatable bonds is 6. The van der Waals surface area contributed by atoms with Crippen LogP contribution in [-0.4, -0.2) is 17.6 Å². The molecule has 0 unspecified atom stereocenters. The molecule has 1 aliphatic rings. The normalized spacial score (nSPS) is 14.8. The van der Waals surface area contributed by atoms with Crippen molar-refractivity contribution in [3.63, 3.8) is 0 Å². The number of thiophene rings is 1. The maximum atomic E-state index is 14.0. The topological polar surface area (TPSA) is 49.3 Å². The first-order valence-corrected chi connectivity index (χ1v) is 7.62. The van der Waals surface area contributed by atoms with E-state index >= 15 is 0 Å². The number of halogens is 1. The molecule has 106 valence electrons. The predicted octanol–water partition coefficient (Wildman–Crippen LogP) is 3.63. The lowest BCUT2D eigenvalue weighted by Crippen LogP contribution is -2.16. The molecule has 1 aliphatic carbocycles. The van der Waals surface area contributed by atoms with Crippen molar-refractivity contribution in [3.05, 3.63) is 34.5 Å². The monoisotopic (exact) mass is 293 g/mol. The smallest absolute Gasteiger partial charge is 0.346 e. The third kappa shape index (κ3) is 2.69. The predicted molar refractivity (Wildman–Crippen MR) is 77.8 cm³/mol. The molecule has 2 N–H and O–H groups in total. The first kappa shape index (κ1) is 13.5. The average Bonchev–Trinajstić information content (AvgIpc) is 3.15. The van der Waals surface area contributed by atoms with Crippen LogP contribution in [0.4, 0.5) is 4.39 Å². The van der Waals surface area contributed by atoms with Crippen molar-refractivity contribution in [2.24, 2.45) is 5.92 Å². The zero-order chi connectivity index (χ0) is 14.1. The van der Waals surface area contributed by atoms with Gasteiger partial charge in [-0.25, -0.2) is 9.18 Å². The molecule has 1 saturated carbocycles. The Labute approximate surface area is 120 Å². The largest absolute Gasteiger partial charge is 0.477 e. The number of carbonyl (C=O) groups is 1. The van der Waals surface area contributed by atoms with E-state index in [2.05, 4.69) is 5.32 Å². The highest BCUT2D eigenvalue weighted by Gasteiger charge is 2.22. The Hall–Kier alpha value is -1.46. The molecule has 0 spiro atoms. The second-order valence-corrected chi connectivity index (χ2v) is 6.29. The number of nitrogens with one attached hydrogen (secondary N) is 1. The van der Waals surface area contributed by atoms with E-state index in [9.17, 15) is 14.3 Å². The summed E-state index contributed by atoms with van der Waals surface area (Å²) in [5.74, 6) is -0.493. The van der Waals surface area contributed by atoms with Crippen LogP contribution >= 0.6 is 11.3 Å². The van der Waals surface area contributed by atoms with E-state index in [-0.39, 0.29) is 10.7 Å². The van der Waals surface area contributed by atoms with Gasteiger partial charge in [0.05, 0.1) is 0 Å². The maximum Gasteiger partial charge on any atom is 0.346 e. The second kappa shape index (κ2) is 5.50. The summed E-state index contributed by atoms with van der Waals surface area (Å²) < 4.78 is 14.7. The molecule has 3 rings (SSSR count). The SMILES string of the molecule is O=C(O)c1sc2cccc(F)c2c1CNCCC1CC1. The number of aromatic carboxylic acids is 1. The van der Waals surface area contributed by atoms with Crippen molar-refractivity contribution in [1.82, 2.24) is 5.32 Å². The zero-order valence-corrected chi connectivity index (χ0v) is 11.8. The Kier molecular flexibility index (Phi) is 3.72. The maximum absolute atomic E-state index is 14.0. The van der Waals surface area contributed by atoms with Crippen molar-refractivity contribution in [2.75, 3.05) is 6.54 Å². The fourth-order valence-corrected chi connectivity index (χ4v) is 3.51. The van der Waals surface area contributed by atoms with Crippen LogP contribution in [-0.2, 0) is 6.54 Å². The van der Waals surface area contributed by atoms with Crippen molar-refractivity contribution < 1.29 is 14.3 Å². The van der Waals surface area contributed by atoms with Crippen LogP contribution in [0.5, 0.6) is 0 Å². The quantitative estimate of drug-likeness (QED) is 0.800. The number of hydrogen-bond acceptors (Lipinski definition) is 3. The average molecular weight is 293 g/mol. The molecule has 2 aromatic rings. The molecule has 5 heteroatoms. The van der Waals surface area contributed by atoms with E-state index in [1.54, 1.807) is 12.1 Å². The number of fused-ring (bicyclic) bond motifs is 1. The fourth-order valence-electron chi connectivity index (χ4n) is 2.43. The van der Waals surface area contributed by atoms with Gasteiger partial charge in [0.1, 0.15) is 10.7 Å². The van der Waals surface area contributed by atoms with Gasteiger partial charge in [-0.1, -0.05) is 18.9 Å². The van der Waals surface area contributed by atoms with Gasteiger partial charge in [0.25, 0.3) is 0 Å². The molecule has 20 heavy (non-hydrogen) atoms. The third-order valence-electron chi connectivity index (χ3n) is 3.69. The van der Waals surface area contributed by atoms with Crippen LogP contribution < -0.4 is 5.32 Å². The van der Waals surface area contributed by atoms with E-state index in [4.69, 9.17) is 0 Å². The third-order valence-corrected chi connectivity index (χ3v) is 4.87. The van der Waals surface area contributed by atoms with Crippen LogP contribution in [0, 0.1) is 11.7 Å². The lowest BCUT2D eigenvalue weighted by molar-refractivity contribution is 0.0701. The van der Waals surface area contributed by atoms with Crippen LogP contribution in [0.1, 0.15) is 34.5 Å². The van der Waals surface area contributed by atoms with Crippen LogP contribution in [0.25, 0.3) is 10.1 Å². The van der Waals surface area contributed by atoms with Gasteiger partial charge in [-0.3, -0.25) is 0 Å². The van der Waals surface area contributed by atoms with E-state index in [0.29, 0.717) is 22.2 Å². The fraction of sp³-hybridized carbons (Fsp3) is 0.400. The van der Waals surface area contributed by atoms with Gasteiger partial charge in [0.15, 0.2) is 0 Å². The van der Waals surface area contributed by atoms with Gasteiger partial charge >= 0.3 is 5.97 Å². The summed E-state index contributed by atoms with van der Waals surface area (Å²) in [6, 6.07) is 4.77. The molecule has 1 fully saturated rings. The Morgan fingerprint density at radius 3 is 2.95 bits per heavy atom. The molecule has 1 aromatic carbocycles. The highest BCUT2D eigenvalue weighted by atomic mass is 32.1. The van der Waals surface area contributed by atoms with E-state index in [1.807, 2.05) is 0 Å². The van der Waals surface area contributed by atoms with Crippen LogP contribution in [0.2, 0.25) is 0 Å². The molecule has 0 saturated heterocycles. The summed E-state index contributed by atoms with van der Waals surface area (Å²) in [5.41, 5.74) is 0.575. The molecular formula is C15H16FNO2S. The molecule has 0 amide bonds. The summed E-state index contributed by atoms with van der Waals surface area (Å²) in [5, 5.41) is 13.0. The molecule has 0 radical (unpaired) electrons. The lowest BCUT2D eigenvalue weighted by Gasteiger charge is -2.05. The van der Waals surface area contributed by atoms with Crippen LogP contribution in [0.3, 0.4) is 0 Å². The Balaban J connectivity index is 1.85. The highest BCUT2D eigenvalue weighted by molar-refractivity contribution is 7.21. The summed E-state index contributed by atoms with van der Waals surface area (Å²) >= 11 is 1.14. The molecule has 1 aromatic heterocycles. The summed E-state index contributed by atoms with van der Waals surface area (Å²) in [6.45, 7) is 1.27. The van der Waals surface area contributed by atoms with Crippen LogP contribution in [0.15, 0.2) is 18.2 Å². The molecule has 0 atom stereocenters. The Morgan fingerprint density at radius 2 is 2.25 bits per heavy atom. The Bertz CT molecular complexity index is 649. The van der Waals surface area contributed by atoms with Gasteiger partial charge in [0.2, 0.25) is 0 Å². The van der Waals surface area contributed by atoms with Gasteiger partial charge in [-0.15, -0.1) is 11.3 Å². The minimum Gasteiger partial charge on any atom is -0.477 e. The molecule has 3 nitrogen and oxygen atoms in total. The van der Waals surface area contributed by atoms with Gasteiger partial charge in [-0.2, -0.15) is 0 Å². The summed E-state index contributed by atoms with van der Waals surface area (Å²) in [6.07, 6.45) is 3.73. The van der Waals surface area contributed by atoms with Crippen molar-refractivity contribution in [1.29, 1.82) is 0 Å². The zero-order valence-electron chi connectivity index (χ0n) is 11.0. The highest BCUT2D eigenvalue weighted by Crippen LogP contribution is 2.34. The lowest BCUT2D eigenvalue weighted by atomic mass is 10.1. The van der Waals surface area contributed by atoms with Gasteiger partial charge in [-0.05, 0) is 31.0 Å². The summed E-state index contributed by atoms with van der Waals surface area (Å²) in [7, 11) is 0. The molecule has 0 aliphatic heterocycles. The van der Waals surface area contributed by atoms with Crippen molar-refractivity contribution in [2.45, 2.75) is 25.8 Å². The summed E-state index contributed by atoms with van der Waals surface area (Å²) in [4.78, 5) is 11.6. The standard InChI is InChI=1S/C15H16FNO2S/c16-11-2-1-3-12-13(11)10(14(20-12)15(18)19)8-17-7-6-9-4-5-9/h1-3,9,17H,4-8H2,(H,18,19). The van der Waals surface area contributed by atoms with Gasteiger partial charge < -0.3 is 10.4 Å². The molecular weight excluding hydrogens is 277 g/mol. The van der Waals surface area contributed by atoms with E-state index < -0.39 is 5.97 Å². The first-order chi connectivity index (χ1) is 9.66.